The highest BCUT2D eigenvalue weighted by molar-refractivity contribution is 9.10. The van der Waals surface area contributed by atoms with E-state index in [2.05, 4.69) is 25.7 Å². The number of hydrogen-bond donors (Lipinski definition) is 0. The smallest absolute Gasteiger partial charge is 0.336 e. The van der Waals surface area contributed by atoms with Crippen LogP contribution < -0.4 is 5.56 Å². The van der Waals surface area contributed by atoms with Crippen LogP contribution in [-0.2, 0) is 10.9 Å². The normalized spacial score (nSPS) is 16.7. The molecule has 1 atom stereocenters. The predicted molar refractivity (Wildman–Crippen MR) is 111 cm³/mol. The van der Waals surface area contributed by atoms with Gasteiger partial charge in [0.1, 0.15) is 10.1 Å². The average molecular weight is 532 g/mol. The van der Waals surface area contributed by atoms with Crippen molar-refractivity contribution >= 4 is 27.5 Å². The SMILES string of the molecule is O=C(c1ccc(-c2cccn3c(=O)c(Br)c(C(F)(F)F)nc23)cc1)N1CCC(OC(F)F)C1. The molecule has 1 unspecified atom stereocenters. The van der Waals surface area contributed by atoms with Gasteiger partial charge in [-0.2, -0.15) is 22.0 Å². The Labute approximate surface area is 191 Å². The minimum Gasteiger partial charge on any atom is -0.336 e. The molecule has 4 rings (SSSR count). The minimum atomic E-state index is -4.84. The van der Waals surface area contributed by atoms with Gasteiger partial charge in [-0.25, -0.2) is 4.98 Å². The summed E-state index contributed by atoms with van der Waals surface area (Å²) in [5, 5.41) is 0. The van der Waals surface area contributed by atoms with Gasteiger partial charge in [0.2, 0.25) is 0 Å². The molecule has 12 heteroatoms. The number of amides is 1. The maximum Gasteiger partial charge on any atom is 0.434 e. The molecule has 3 heterocycles. The Morgan fingerprint density at radius 2 is 1.88 bits per heavy atom. The van der Waals surface area contributed by atoms with Gasteiger partial charge in [-0.1, -0.05) is 12.1 Å². The summed E-state index contributed by atoms with van der Waals surface area (Å²) in [7, 11) is 0. The van der Waals surface area contributed by atoms with Gasteiger partial charge in [-0.15, -0.1) is 0 Å². The first kappa shape index (κ1) is 23.3. The Morgan fingerprint density at radius 3 is 2.52 bits per heavy atom. The van der Waals surface area contributed by atoms with Gasteiger partial charge in [-0.3, -0.25) is 14.0 Å². The van der Waals surface area contributed by atoms with Gasteiger partial charge in [0.05, 0.1) is 6.10 Å². The summed E-state index contributed by atoms with van der Waals surface area (Å²) in [4.78, 5) is 30.2. The lowest BCUT2D eigenvalue weighted by Crippen LogP contribution is -2.30. The fourth-order valence-corrected chi connectivity index (χ4v) is 4.20. The number of likely N-dealkylation sites (tertiary alicyclic amines) is 1. The number of ether oxygens (including phenoxy) is 1. The Morgan fingerprint density at radius 1 is 1.18 bits per heavy atom. The van der Waals surface area contributed by atoms with E-state index in [0.29, 0.717) is 12.0 Å². The van der Waals surface area contributed by atoms with E-state index in [1.807, 2.05) is 0 Å². The zero-order chi connectivity index (χ0) is 23.9. The first-order chi connectivity index (χ1) is 15.6. The summed E-state index contributed by atoms with van der Waals surface area (Å²) in [5.74, 6) is -0.377. The van der Waals surface area contributed by atoms with Crippen molar-refractivity contribution in [3.8, 4) is 11.1 Å². The third kappa shape index (κ3) is 4.62. The second-order valence-electron chi connectivity index (χ2n) is 7.33. The lowest BCUT2D eigenvalue weighted by Gasteiger charge is -2.17. The number of carbonyl (C=O) groups excluding carboxylic acids is 1. The number of nitrogens with zero attached hydrogens (tertiary/aromatic N) is 3. The number of fused-ring (bicyclic) bond motifs is 1. The van der Waals surface area contributed by atoms with Crippen LogP contribution in [0.25, 0.3) is 16.8 Å². The van der Waals surface area contributed by atoms with Crippen LogP contribution in [0, 0.1) is 0 Å². The number of pyridine rings is 1. The predicted octanol–water partition coefficient (Wildman–Crippen LogP) is 4.60. The van der Waals surface area contributed by atoms with Crippen molar-refractivity contribution in [1.82, 2.24) is 14.3 Å². The Hall–Kier alpha value is -2.86. The van der Waals surface area contributed by atoms with E-state index < -0.39 is 34.6 Å². The molecule has 6 nitrogen and oxygen atoms in total. The molecule has 2 aromatic heterocycles. The van der Waals surface area contributed by atoms with Gasteiger partial charge in [-0.05, 0) is 52.2 Å². The molecule has 1 fully saturated rings. The van der Waals surface area contributed by atoms with Crippen molar-refractivity contribution in [2.75, 3.05) is 13.1 Å². The first-order valence-corrected chi connectivity index (χ1v) is 10.5. The van der Waals surface area contributed by atoms with Gasteiger partial charge < -0.3 is 9.64 Å². The summed E-state index contributed by atoms with van der Waals surface area (Å²) in [6, 6.07) is 9.01. The summed E-state index contributed by atoms with van der Waals surface area (Å²) in [6.45, 7) is -2.61. The fraction of sp³-hybridized carbons (Fsp3) is 0.286. The van der Waals surface area contributed by atoms with Crippen molar-refractivity contribution < 1.29 is 31.5 Å². The molecule has 0 N–H and O–H groups in total. The van der Waals surface area contributed by atoms with Crippen molar-refractivity contribution in [2.24, 2.45) is 0 Å². The topological polar surface area (TPSA) is 63.9 Å². The molecule has 1 aliphatic heterocycles. The summed E-state index contributed by atoms with van der Waals surface area (Å²) in [5.41, 5.74) is -1.45. The highest BCUT2D eigenvalue weighted by atomic mass is 79.9. The van der Waals surface area contributed by atoms with Gasteiger partial charge >= 0.3 is 12.8 Å². The number of aromatic nitrogens is 2. The average Bonchev–Trinajstić information content (AvgIpc) is 3.22. The Balaban J connectivity index is 1.66. The Bertz CT molecular complexity index is 1260. The number of benzene rings is 1. The molecule has 1 amide bonds. The van der Waals surface area contributed by atoms with Crippen LogP contribution in [0.5, 0.6) is 0 Å². The maximum absolute atomic E-state index is 13.3. The molecule has 33 heavy (non-hydrogen) atoms. The molecular weight excluding hydrogens is 517 g/mol. The van der Waals surface area contributed by atoms with E-state index in [1.54, 1.807) is 0 Å². The van der Waals surface area contributed by atoms with Crippen LogP contribution in [-0.4, -0.2) is 46.0 Å². The second kappa shape index (κ2) is 8.82. The Kier molecular flexibility index (Phi) is 6.23. The number of rotatable bonds is 4. The fourth-order valence-electron chi connectivity index (χ4n) is 3.70. The number of carbonyl (C=O) groups is 1. The number of halogens is 6. The zero-order valence-electron chi connectivity index (χ0n) is 16.7. The van der Waals surface area contributed by atoms with E-state index in [0.717, 1.165) is 4.40 Å². The van der Waals surface area contributed by atoms with E-state index in [9.17, 15) is 31.5 Å². The lowest BCUT2D eigenvalue weighted by molar-refractivity contribution is -0.158. The van der Waals surface area contributed by atoms with E-state index >= 15 is 0 Å². The molecule has 174 valence electrons. The molecule has 0 bridgehead atoms. The number of hydrogen-bond acceptors (Lipinski definition) is 4. The van der Waals surface area contributed by atoms with E-state index in [1.165, 1.54) is 47.5 Å². The maximum atomic E-state index is 13.3. The molecule has 0 aliphatic carbocycles. The van der Waals surface area contributed by atoms with E-state index in [-0.39, 0.29) is 35.8 Å². The van der Waals surface area contributed by atoms with Crippen LogP contribution >= 0.6 is 15.9 Å². The minimum absolute atomic E-state index is 0.0379. The van der Waals surface area contributed by atoms with Crippen LogP contribution in [0.15, 0.2) is 51.9 Å². The van der Waals surface area contributed by atoms with Crippen LogP contribution in [0.1, 0.15) is 22.5 Å². The molecule has 0 saturated carbocycles. The third-order valence-corrected chi connectivity index (χ3v) is 5.95. The summed E-state index contributed by atoms with van der Waals surface area (Å²) >= 11 is 2.68. The molecule has 0 spiro atoms. The van der Waals surface area contributed by atoms with Gasteiger partial charge in [0.15, 0.2) is 5.69 Å². The summed E-state index contributed by atoms with van der Waals surface area (Å²) in [6.07, 6.45) is -3.97. The van der Waals surface area contributed by atoms with Crippen molar-refractivity contribution in [3.63, 3.8) is 0 Å². The molecule has 1 aliphatic rings. The van der Waals surface area contributed by atoms with Gasteiger partial charge in [0.25, 0.3) is 11.5 Å². The highest BCUT2D eigenvalue weighted by Gasteiger charge is 2.37. The molecule has 1 saturated heterocycles. The molecule has 1 aromatic carbocycles. The third-order valence-electron chi connectivity index (χ3n) is 5.24. The van der Waals surface area contributed by atoms with Crippen molar-refractivity contribution in [2.45, 2.75) is 25.3 Å². The zero-order valence-corrected chi connectivity index (χ0v) is 18.2. The molecular formula is C21H15BrF5N3O3. The second-order valence-corrected chi connectivity index (χ2v) is 8.12. The van der Waals surface area contributed by atoms with E-state index in [4.69, 9.17) is 0 Å². The molecule has 3 aromatic rings. The first-order valence-electron chi connectivity index (χ1n) is 9.67. The standard InChI is InChI=1S/C21H15BrF5N3O3/c22-15-16(21(25,26)27)28-17-14(2-1-8-30(17)19(15)32)11-3-5-12(6-4-11)18(31)29-9-7-13(10-29)33-20(23)24/h1-6,8,13,20H,7,9-10H2. The number of alkyl halides is 5. The largest absolute Gasteiger partial charge is 0.434 e. The quantitative estimate of drug-likeness (QED) is 0.462. The van der Waals surface area contributed by atoms with Crippen molar-refractivity contribution in [1.29, 1.82) is 0 Å². The molecule has 0 radical (unpaired) electrons. The van der Waals surface area contributed by atoms with Crippen LogP contribution in [0.2, 0.25) is 0 Å². The highest BCUT2D eigenvalue weighted by Crippen LogP contribution is 2.33. The monoisotopic (exact) mass is 531 g/mol. The summed E-state index contributed by atoms with van der Waals surface area (Å²) < 4.78 is 69.5. The van der Waals surface area contributed by atoms with Crippen LogP contribution in [0.3, 0.4) is 0 Å². The van der Waals surface area contributed by atoms with Gasteiger partial charge in [0, 0.05) is 30.4 Å². The van der Waals surface area contributed by atoms with Crippen LogP contribution in [0.4, 0.5) is 22.0 Å². The lowest BCUT2D eigenvalue weighted by atomic mass is 10.0. The van der Waals surface area contributed by atoms with Crippen molar-refractivity contribution in [3.05, 3.63) is 68.7 Å².